The average molecular weight is 214 g/mol. The van der Waals surface area contributed by atoms with Gasteiger partial charge in [-0.05, 0) is 39.9 Å². The maximum atomic E-state index is 9.86. The van der Waals surface area contributed by atoms with Crippen LogP contribution in [0.4, 0.5) is 0 Å². The lowest BCUT2D eigenvalue weighted by Crippen LogP contribution is -2.37. The Labute approximate surface area is 94.1 Å². The van der Waals surface area contributed by atoms with Crippen LogP contribution in [0.1, 0.15) is 25.7 Å². The first-order valence-electron chi connectivity index (χ1n) is 6.11. The Bertz CT molecular complexity index is 173. The second-order valence-electron chi connectivity index (χ2n) is 5.18. The monoisotopic (exact) mass is 214 g/mol. The van der Waals surface area contributed by atoms with Crippen LogP contribution in [0.2, 0.25) is 0 Å². The molecular formula is C12H26N2O. The van der Waals surface area contributed by atoms with E-state index in [1.807, 2.05) is 0 Å². The molecule has 0 spiro atoms. The molecule has 0 aromatic rings. The summed E-state index contributed by atoms with van der Waals surface area (Å²) in [5.74, 6) is 0.505. The molecule has 0 aliphatic heterocycles. The van der Waals surface area contributed by atoms with E-state index in [9.17, 15) is 5.11 Å². The Hall–Kier alpha value is -0.120. The Balaban J connectivity index is 2.20. The van der Waals surface area contributed by atoms with E-state index in [2.05, 4.69) is 30.9 Å². The van der Waals surface area contributed by atoms with Crippen LogP contribution < -0.4 is 0 Å². The van der Waals surface area contributed by atoms with Crippen molar-refractivity contribution in [2.24, 2.45) is 5.92 Å². The van der Waals surface area contributed by atoms with Crippen molar-refractivity contribution in [1.29, 1.82) is 0 Å². The highest BCUT2D eigenvalue weighted by atomic mass is 16.3. The van der Waals surface area contributed by atoms with E-state index in [1.54, 1.807) is 0 Å². The Kier molecular flexibility index (Phi) is 5.58. The van der Waals surface area contributed by atoms with Crippen molar-refractivity contribution < 1.29 is 5.11 Å². The molecular weight excluding hydrogens is 188 g/mol. The standard InChI is InChI=1S/C12H26N2O/c1-13(2)8-9-14(3)10-11-6-4-5-7-12(11)15/h11-12,15H,4-10H2,1-3H3. The van der Waals surface area contributed by atoms with E-state index in [0.29, 0.717) is 5.92 Å². The van der Waals surface area contributed by atoms with Crippen molar-refractivity contribution in [2.45, 2.75) is 31.8 Å². The molecule has 2 unspecified atom stereocenters. The number of nitrogens with zero attached hydrogens (tertiary/aromatic N) is 2. The summed E-state index contributed by atoms with van der Waals surface area (Å²) in [6.07, 6.45) is 4.66. The van der Waals surface area contributed by atoms with Crippen LogP contribution in [0.3, 0.4) is 0 Å². The molecule has 0 saturated heterocycles. The zero-order chi connectivity index (χ0) is 11.3. The lowest BCUT2D eigenvalue weighted by molar-refractivity contribution is 0.0505. The molecule has 1 rings (SSSR count). The zero-order valence-corrected chi connectivity index (χ0v) is 10.4. The molecule has 2 atom stereocenters. The molecule has 90 valence electrons. The Morgan fingerprint density at radius 2 is 1.73 bits per heavy atom. The predicted octanol–water partition coefficient (Wildman–Crippen LogP) is 1.03. The first-order chi connectivity index (χ1) is 7.09. The van der Waals surface area contributed by atoms with Gasteiger partial charge in [-0.1, -0.05) is 12.8 Å². The van der Waals surface area contributed by atoms with Gasteiger partial charge in [0.25, 0.3) is 0 Å². The van der Waals surface area contributed by atoms with Crippen LogP contribution in [0.25, 0.3) is 0 Å². The minimum Gasteiger partial charge on any atom is -0.393 e. The Morgan fingerprint density at radius 1 is 1.07 bits per heavy atom. The first kappa shape index (κ1) is 12.9. The van der Waals surface area contributed by atoms with Crippen LogP contribution in [0.5, 0.6) is 0 Å². The zero-order valence-electron chi connectivity index (χ0n) is 10.4. The van der Waals surface area contributed by atoms with E-state index >= 15 is 0 Å². The summed E-state index contributed by atoms with van der Waals surface area (Å²) < 4.78 is 0. The van der Waals surface area contributed by atoms with Crippen LogP contribution in [0.15, 0.2) is 0 Å². The SMILES string of the molecule is CN(C)CCN(C)CC1CCCCC1O. The van der Waals surface area contributed by atoms with Crippen molar-refractivity contribution in [3.8, 4) is 0 Å². The normalized spacial score (nSPS) is 27.6. The van der Waals surface area contributed by atoms with Gasteiger partial charge in [0.15, 0.2) is 0 Å². The van der Waals surface area contributed by atoms with Crippen LogP contribution >= 0.6 is 0 Å². The number of hydrogen-bond donors (Lipinski definition) is 1. The fraction of sp³-hybridized carbons (Fsp3) is 1.00. The van der Waals surface area contributed by atoms with Gasteiger partial charge in [-0.15, -0.1) is 0 Å². The minimum absolute atomic E-state index is 0.0550. The predicted molar refractivity (Wildman–Crippen MR) is 64.0 cm³/mol. The van der Waals surface area contributed by atoms with Crippen LogP contribution in [-0.4, -0.2) is 61.8 Å². The smallest absolute Gasteiger partial charge is 0.0580 e. The molecule has 0 bridgehead atoms. The van der Waals surface area contributed by atoms with Crippen molar-refractivity contribution in [3.05, 3.63) is 0 Å². The number of aliphatic hydroxyl groups excluding tert-OH is 1. The van der Waals surface area contributed by atoms with Crippen LogP contribution in [0, 0.1) is 5.92 Å². The number of aliphatic hydroxyl groups is 1. The lowest BCUT2D eigenvalue weighted by Gasteiger charge is -2.31. The van der Waals surface area contributed by atoms with Crippen molar-refractivity contribution in [3.63, 3.8) is 0 Å². The summed E-state index contributed by atoms with van der Waals surface area (Å²) in [5, 5.41) is 9.86. The second kappa shape index (κ2) is 6.46. The van der Waals surface area contributed by atoms with Crippen molar-refractivity contribution in [2.75, 3.05) is 40.8 Å². The highest BCUT2D eigenvalue weighted by Crippen LogP contribution is 2.24. The van der Waals surface area contributed by atoms with Gasteiger partial charge in [-0.2, -0.15) is 0 Å². The Morgan fingerprint density at radius 3 is 2.33 bits per heavy atom. The molecule has 1 fully saturated rings. The summed E-state index contributed by atoms with van der Waals surface area (Å²) in [4.78, 5) is 4.55. The molecule has 1 aliphatic carbocycles. The van der Waals surface area contributed by atoms with Gasteiger partial charge >= 0.3 is 0 Å². The quantitative estimate of drug-likeness (QED) is 0.740. The lowest BCUT2D eigenvalue weighted by atomic mass is 9.86. The van der Waals surface area contributed by atoms with Gasteiger partial charge < -0.3 is 14.9 Å². The first-order valence-corrected chi connectivity index (χ1v) is 6.11. The summed E-state index contributed by atoms with van der Waals surface area (Å²) in [6.45, 7) is 3.24. The summed E-state index contributed by atoms with van der Waals surface area (Å²) >= 11 is 0. The summed E-state index contributed by atoms with van der Waals surface area (Å²) in [5.41, 5.74) is 0. The molecule has 3 heteroatoms. The molecule has 0 radical (unpaired) electrons. The third-order valence-electron chi connectivity index (χ3n) is 3.34. The number of likely N-dealkylation sites (N-methyl/N-ethyl adjacent to an activating group) is 2. The maximum absolute atomic E-state index is 9.86. The van der Waals surface area contributed by atoms with Gasteiger partial charge in [0.2, 0.25) is 0 Å². The van der Waals surface area contributed by atoms with Gasteiger partial charge in [0.05, 0.1) is 6.10 Å². The molecule has 0 amide bonds. The van der Waals surface area contributed by atoms with Crippen LogP contribution in [-0.2, 0) is 0 Å². The summed E-state index contributed by atoms with van der Waals surface area (Å²) in [6, 6.07) is 0. The largest absolute Gasteiger partial charge is 0.393 e. The third-order valence-corrected chi connectivity index (χ3v) is 3.34. The van der Waals surface area contributed by atoms with E-state index in [-0.39, 0.29) is 6.10 Å². The number of hydrogen-bond acceptors (Lipinski definition) is 3. The second-order valence-corrected chi connectivity index (χ2v) is 5.18. The molecule has 1 N–H and O–H groups in total. The molecule has 0 aromatic heterocycles. The summed E-state index contributed by atoms with van der Waals surface area (Å²) in [7, 11) is 6.36. The van der Waals surface area contributed by atoms with Gasteiger partial charge in [-0.3, -0.25) is 0 Å². The highest BCUT2D eigenvalue weighted by Gasteiger charge is 2.23. The van der Waals surface area contributed by atoms with Gasteiger partial charge in [0, 0.05) is 19.6 Å². The van der Waals surface area contributed by atoms with Crippen molar-refractivity contribution >= 4 is 0 Å². The van der Waals surface area contributed by atoms with E-state index in [1.165, 1.54) is 19.3 Å². The molecule has 15 heavy (non-hydrogen) atoms. The molecule has 3 nitrogen and oxygen atoms in total. The van der Waals surface area contributed by atoms with E-state index in [4.69, 9.17) is 0 Å². The fourth-order valence-corrected chi connectivity index (χ4v) is 2.26. The third kappa shape index (κ3) is 4.96. The maximum Gasteiger partial charge on any atom is 0.0580 e. The number of rotatable bonds is 5. The van der Waals surface area contributed by atoms with E-state index < -0.39 is 0 Å². The molecule has 1 aliphatic rings. The van der Waals surface area contributed by atoms with E-state index in [0.717, 1.165) is 26.1 Å². The highest BCUT2D eigenvalue weighted by molar-refractivity contribution is 4.76. The average Bonchev–Trinajstić information content (AvgIpc) is 2.18. The minimum atomic E-state index is -0.0550. The molecule has 1 saturated carbocycles. The topological polar surface area (TPSA) is 26.7 Å². The fourth-order valence-electron chi connectivity index (χ4n) is 2.26. The molecule has 0 aromatic carbocycles. The molecule has 0 heterocycles. The van der Waals surface area contributed by atoms with Crippen molar-refractivity contribution in [1.82, 2.24) is 9.80 Å². The van der Waals surface area contributed by atoms with Gasteiger partial charge in [-0.25, -0.2) is 0 Å². The van der Waals surface area contributed by atoms with Gasteiger partial charge in [0.1, 0.15) is 0 Å².